The van der Waals surface area contributed by atoms with Gasteiger partial charge in [-0.1, -0.05) is 30.3 Å². The van der Waals surface area contributed by atoms with Gasteiger partial charge < -0.3 is 16.3 Å². The van der Waals surface area contributed by atoms with Crippen LogP contribution in [0.1, 0.15) is 42.4 Å². The summed E-state index contributed by atoms with van der Waals surface area (Å²) in [5.41, 5.74) is 7.16. The molecule has 7 nitrogen and oxygen atoms in total. The van der Waals surface area contributed by atoms with Crippen molar-refractivity contribution in [2.75, 3.05) is 5.01 Å². The summed E-state index contributed by atoms with van der Waals surface area (Å²) in [6.45, 7) is 1.68. The zero-order valence-corrected chi connectivity index (χ0v) is 21.8. The summed E-state index contributed by atoms with van der Waals surface area (Å²) >= 11 is 0. The summed E-state index contributed by atoms with van der Waals surface area (Å²) in [4.78, 5) is 25.4. The molecule has 2 aromatic rings. The van der Waals surface area contributed by atoms with E-state index in [1.54, 1.807) is 25.1 Å². The van der Waals surface area contributed by atoms with Crippen LogP contribution in [-0.4, -0.2) is 30.3 Å². The number of rotatable bonds is 9. The first-order chi connectivity index (χ1) is 19.0. The average Bonchev–Trinajstić information content (AvgIpc) is 2.95. The van der Waals surface area contributed by atoms with E-state index in [0.717, 1.165) is 5.01 Å². The second kappa shape index (κ2) is 12.5. The van der Waals surface area contributed by atoms with Gasteiger partial charge in [-0.3, -0.25) is 9.59 Å². The van der Waals surface area contributed by atoms with Gasteiger partial charge in [0.05, 0.1) is 18.7 Å². The fraction of sp³-hybridized carbons (Fsp3) is 0.370. The Labute approximate surface area is 231 Å². The van der Waals surface area contributed by atoms with Gasteiger partial charge >= 0.3 is 12.4 Å². The van der Waals surface area contributed by atoms with Gasteiger partial charge in [-0.15, -0.1) is 0 Å². The number of hydrogen-bond acceptors (Lipinski definition) is 4. The first kappa shape index (κ1) is 31.9. The lowest BCUT2D eigenvalue weighted by molar-refractivity contribution is -0.875. The molecule has 223 valence electrons. The second-order valence-corrected chi connectivity index (χ2v) is 9.74. The van der Waals surface area contributed by atoms with Crippen molar-refractivity contribution in [2.45, 2.75) is 51.1 Å². The summed E-state index contributed by atoms with van der Waals surface area (Å²) in [5.74, 6) is -7.10. The lowest BCUT2D eigenvalue weighted by Crippen LogP contribution is -3.19. The summed E-state index contributed by atoms with van der Waals surface area (Å²) < 4.78 is 92.1. The van der Waals surface area contributed by atoms with Gasteiger partial charge in [-0.25, -0.2) is 14.6 Å². The number of quaternary nitrogens is 1. The summed E-state index contributed by atoms with van der Waals surface area (Å²) in [6.07, 6.45) is -15.1. The SMILES string of the molecule is [CH2]N1c2c(C)cccc2C(c2cccc(F)c2)=C[C@@H](NC(=O)[C@H](CCC(F)(F)F)[C@H](CCC(F)(F)F)C(N)=O)[NH+]1[O-]. The number of halogens is 7. The number of primary amides is 1. The molecule has 41 heavy (non-hydrogen) atoms. The number of anilines is 1. The number of alkyl halides is 6. The topological polar surface area (TPSA) is 103 Å². The third-order valence-corrected chi connectivity index (χ3v) is 6.76. The summed E-state index contributed by atoms with van der Waals surface area (Å²) in [6, 6.07) is 10.3. The molecular weight excluding hydrogens is 561 g/mol. The second-order valence-electron chi connectivity index (χ2n) is 9.74. The molecule has 1 radical (unpaired) electrons. The molecule has 0 spiro atoms. The molecule has 0 fully saturated rings. The Morgan fingerprint density at radius 1 is 1.05 bits per heavy atom. The number of fused-ring (bicyclic) bond motifs is 1. The molecule has 0 saturated heterocycles. The number of benzene rings is 2. The van der Waals surface area contributed by atoms with Crippen molar-refractivity contribution in [1.82, 2.24) is 5.32 Å². The van der Waals surface area contributed by atoms with E-state index in [1.165, 1.54) is 30.3 Å². The Balaban J connectivity index is 2.06. The molecule has 2 aromatic carbocycles. The van der Waals surface area contributed by atoms with Crippen LogP contribution in [0.4, 0.5) is 36.4 Å². The van der Waals surface area contributed by atoms with Gasteiger partial charge in [0.15, 0.2) is 0 Å². The number of hydroxylamine groups is 1. The predicted octanol–water partition coefficient (Wildman–Crippen LogP) is 4.32. The number of nitrogens with two attached hydrogens (primary N) is 1. The molecule has 4 N–H and O–H groups in total. The van der Waals surface area contributed by atoms with E-state index in [1.807, 2.05) is 0 Å². The van der Waals surface area contributed by atoms with Crippen LogP contribution in [0, 0.1) is 36.8 Å². The molecule has 0 aliphatic carbocycles. The lowest BCUT2D eigenvalue weighted by Gasteiger charge is -2.37. The standard InChI is InChI=1S/C27H28F7N4O3/c1-15-5-3-8-18-21(16-6-4-7-17(28)13-16)14-22(38(41)37(2)23(15)18)36-25(40)20(10-12-27(32,33)34)19(24(35)39)9-11-26(29,30)31/h3-8,13-14,19-20,22,38H,2,9-12H2,1H3,(H2,35,39)(H,36,40)/t19-,20+,22-/m0/s1. The highest BCUT2D eigenvalue weighted by molar-refractivity contribution is 5.90. The maximum atomic E-state index is 14.1. The van der Waals surface area contributed by atoms with Crippen LogP contribution in [0.3, 0.4) is 0 Å². The Kier molecular flexibility index (Phi) is 9.70. The maximum Gasteiger partial charge on any atom is 0.389 e. The summed E-state index contributed by atoms with van der Waals surface area (Å²) in [5, 5.41) is 15.9. The number of nitrogens with zero attached hydrogens (tertiary/aromatic N) is 1. The third-order valence-electron chi connectivity index (χ3n) is 6.76. The number of aryl methyl sites for hydroxylation is 1. The third kappa shape index (κ3) is 8.19. The zero-order chi connectivity index (χ0) is 30.7. The van der Waals surface area contributed by atoms with Gasteiger partial charge in [-0.05, 0) is 48.6 Å². The molecule has 1 heterocycles. The quantitative estimate of drug-likeness (QED) is 0.300. The van der Waals surface area contributed by atoms with Crippen LogP contribution in [0.25, 0.3) is 5.57 Å². The summed E-state index contributed by atoms with van der Waals surface area (Å²) in [7, 11) is 3.75. The Bertz CT molecular complexity index is 1300. The molecular formula is C27H28F7N4O3. The van der Waals surface area contributed by atoms with E-state index in [0.29, 0.717) is 22.4 Å². The van der Waals surface area contributed by atoms with Crippen LogP contribution in [-0.2, 0) is 9.59 Å². The molecule has 2 amide bonds. The number of amides is 2. The number of carbonyl (C=O) groups is 2. The number of carbonyl (C=O) groups excluding carboxylic acids is 2. The molecule has 1 aliphatic heterocycles. The molecule has 0 saturated carbocycles. The van der Waals surface area contributed by atoms with E-state index in [4.69, 9.17) is 5.73 Å². The Morgan fingerprint density at radius 3 is 2.20 bits per heavy atom. The van der Waals surface area contributed by atoms with Gasteiger partial charge in [0.25, 0.3) is 0 Å². The molecule has 1 aliphatic rings. The van der Waals surface area contributed by atoms with Crippen LogP contribution in [0.2, 0.25) is 0 Å². The van der Waals surface area contributed by atoms with Crippen molar-refractivity contribution in [2.24, 2.45) is 17.6 Å². The van der Waals surface area contributed by atoms with Gasteiger partial charge in [-0.2, -0.15) is 26.3 Å². The molecule has 0 bridgehead atoms. The fourth-order valence-electron chi connectivity index (χ4n) is 4.81. The van der Waals surface area contributed by atoms with Gasteiger partial charge in [0.2, 0.25) is 18.0 Å². The Morgan fingerprint density at radius 2 is 1.63 bits per heavy atom. The highest BCUT2D eigenvalue weighted by Crippen LogP contribution is 2.36. The monoisotopic (exact) mass is 589 g/mol. The van der Waals surface area contributed by atoms with Gasteiger partial charge in [0, 0.05) is 30.4 Å². The van der Waals surface area contributed by atoms with E-state index >= 15 is 0 Å². The van der Waals surface area contributed by atoms with Crippen LogP contribution >= 0.6 is 0 Å². The first-order valence-corrected chi connectivity index (χ1v) is 12.4. The first-order valence-electron chi connectivity index (χ1n) is 12.4. The van der Waals surface area contributed by atoms with E-state index in [-0.39, 0.29) is 5.57 Å². The smallest absolute Gasteiger partial charge is 0.389 e. The fourth-order valence-corrected chi connectivity index (χ4v) is 4.81. The van der Waals surface area contributed by atoms with Crippen LogP contribution in [0.15, 0.2) is 48.5 Å². The highest BCUT2D eigenvalue weighted by atomic mass is 19.4. The zero-order valence-electron chi connectivity index (χ0n) is 21.8. The minimum Gasteiger partial charge on any atom is -0.606 e. The molecule has 0 aromatic heterocycles. The highest BCUT2D eigenvalue weighted by Gasteiger charge is 2.40. The minimum atomic E-state index is -4.79. The number of para-hydroxylation sites is 1. The lowest BCUT2D eigenvalue weighted by atomic mass is 9.83. The van der Waals surface area contributed by atoms with E-state index < -0.39 is 78.8 Å². The molecule has 14 heteroatoms. The molecule has 1 unspecified atom stereocenters. The average molecular weight is 590 g/mol. The number of hydrogen-bond donors (Lipinski definition) is 3. The van der Waals surface area contributed by atoms with Crippen molar-refractivity contribution in [3.05, 3.63) is 83.3 Å². The van der Waals surface area contributed by atoms with Crippen molar-refractivity contribution >= 4 is 23.1 Å². The van der Waals surface area contributed by atoms with E-state index in [2.05, 4.69) is 12.4 Å². The molecule has 4 atom stereocenters. The van der Waals surface area contributed by atoms with Gasteiger partial charge in [0.1, 0.15) is 5.82 Å². The van der Waals surface area contributed by atoms with Crippen molar-refractivity contribution < 1.29 is 45.5 Å². The maximum absolute atomic E-state index is 14.1. The Hall–Kier alpha value is -3.65. The van der Waals surface area contributed by atoms with Crippen molar-refractivity contribution in [3.8, 4) is 0 Å². The van der Waals surface area contributed by atoms with Crippen LogP contribution in [0.5, 0.6) is 0 Å². The van der Waals surface area contributed by atoms with Crippen LogP contribution < -0.4 is 21.2 Å². The largest absolute Gasteiger partial charge is 0.606 e. The molecule has 3 rings (SSSR count). The van der Waals surface area contributed by atoms with Crippen molar-refractivity contribution in [1.29, 1.82) is 0 Å². The number of nitrogens with one attached hydrogen (secondary N) is 2. The normalized spacial score (nSPS) is 19.1. The minimum absolute atomic E-state index is 0.281. The predicted molar refractivity (Wildman–Crippen MR) is 136 cm³/mol. The van der Waals surface area contributed by atoms with Crippen molar-refractivity contribution in [3.63, 3.8) is 0 Å². The van der Waals surface area contributed by atoms with E-state index in [9.17, 15) is 45.5 Å².